The molecule has 0 atom stereocenters. The van der Waals surface area contributed by atoms with Crippen molar-refractivity contribution in [3.8, 4) is 0 Å². The summed E-state index contributed by atoms with van der Waals surface area (Å²) >= 11 is 0. The van der Waals surface area contributed by atoms with Crippen LogP contribution in [-0.4, -0.2) is 34.3 Å². The number of nitrogen functional groups attached to an aromatic ring is 1. The summed E-state index contributed by atoms with van der Waals surface area (Å²) in [5.41, 5.74) is 3.47. The van der Waals surface area contributed by atoms with Crippen LogP contribution >= 0.6 is 0 Å². The van der Waals surface area contributed by atoms with Crippen LogP contribution in [0.2, 0.25) is 0 Å². The van der Waals surface area contributed by atoms with Crippen molar-refractivity contribution in [2.45, 2.75) is 25.9 Å². The summed E-state index contributed by atoms with van der Waals surface area (Å²) in [6.45, 7) is 3.62. The van der Waals surface area contributed by atoms with E-state index in [1.54, 1.807) is 6.20 Å². The van der Waals surface area contributed by atoms with E-state index in [9.17, 15) is 5.11 Å². The van der Waals surface area contributed by atoms with E-state index >= 15 is 0 Å². The third-order valence-electron chi connectivity index (χ3n) is 2.84. The molecule has 6 nitrogen and oxygen atoms in total. The zero-order valence-electron chi connectivity index (χ0n) is 9.35. The third kappa shape index (κ3) is 2.23. The number of aliphatic hydroxyl groups excluding tert-OH is 1. The molecule has 0 unspecified atom stereocenters. The van der Waals surface area contributed by atoms with Crippen LogP contribution in [0.15, 0.2) is 6.20 Å². The van der Waals surface area contributed by atoms with Gasteiger partial charge in [-0.15, -0.1) is 0 Å². The smallest absolute Gasteiger partial charge is 0.239 e. The molecule has 0 radical (unpaired) electrons. The molecule has 88 valence electrons. The van der Waals surface area contributed by atoms with Gasteiger partial charge in [0.15, 0.2) is 0 Å². The Morgan fingerprint density at radius 2 is 2.19 bits per heavy atom. The van der Waals surface area contributed by atoms with E-state index in [4.69, 9.17) is 5.84 Å². The molecule has 6 heteroatoms. The van der Waals surface area contributed by atoms with E-state index in [0.717, 1.165) is 37.3 Å². The number of nitrogens with one attached hydrogen (secondary N) is 1. The van der Waals surface area contributed by atoms with Crippen LogP contribution in [0.1, 0.15) is 18.4 Å². The first-order chi connectivity index (χ1) is 7.70. The summed E-state index contributed by atoms with van der Waals surface area (Å²) in [5, 5.41) is 9.45. The molecule has 4 N–H and O–H groups in total. The zero-order chi connectivity index (χ0) is 11.5. The first-order valence-electron chi connectivity index (χ1n) is 5.44. The molecule has 1 aromatic heterocycles. The SMILES string of the molecule is Cc1cnc(NN)nc1N1CCC(O)CC1. The fraction of sp³-hybridized carbons (Fsp3) is 0.600. The van der Waals surface area contributed by atoms with Crippen LogP contribution in [0.5, 0.6) is 0 Å². The number of rotatable bonds is 2. The molecule has 1 aromatic rings. The molecule has 1 saturated heterocycles. The number of anilines is 2. The van der Waals surface area contributed by atoms with Gasteiger partial charge in [-0.2, -0.15) is 4.98 Å². The van der Waals surface area contributed by atoms with Crippen LogP contribution in [0.25, 0.3) is 0 Å². The van der Waals surface area contributed by atoms with Crippen LogP contribution < -0.4 is 16.2 Å². The molecule has 0 aromatic carbocycles. The summed E-state index contributed by atoms with van der Waals surface area (Å²) in [7, 11) is 0. The lowest BCUT2D eigenvalue weighted by Gasteiger charge is -2.31. The predicted octanol–water partition coefficient (Wildman–Crippen LogP) is 0.0317. The van der Waals surface area contributed by atoms with Gasteiger partial charge in [0.1, 0.15) is 5.82 Å². The second kappa shape index (κ2) is 4.63. The molecule has 1 aliphatic rings. The molecule has 2 heterocycles. The Morgan fingerprint density at radius 1 is 1.50 bits per heavy atom. The Hall–Kier alpha value is -1.40. The van der Waals surface area contributed by atoms with Crippen molar-refractivity contribution >= 4 is 11.8 Å². The van der Waals surface area contributed by atoms with Gasteiger partial charge in [-0.05, 0) is 19.8 Å². The van der Waals surface area contributed by atoms with Gasteiger partial charge in [-0.1, -0.05) is 0 Å². The maximum absolute atomic E-state index is 9.45. The van der Waals surface area contributed by atoms with Crippen molar-refractivity contribution < 1.29 is 5.11 Å². The van der Waals surface area contributed by atoms with Gasteiger partial charge < -0.3 is 10.0 Å². The average molecular weight is 223 g/mol. The first kappa shape index (κ1) is 11.1. The normalized spacial score (nSPS) is 17.6. The van der Waals surface area contributed by atoms with E-state index in [-0.39, 0.29) is 6.10 Å². The monoisotopic (exact) mass is 223 g/mol. The number of nitrogens with two attached hydrogens (primary N) is 1. The Morgan fingerprint density at radius 3 is 2.81 bits per heavy atom. The minimum atomic E-state index is -0.175. The van der Waals surface area contributed by atoms with Gasteiger partial charge in [0, 0.05) is 24.8 Å². The summed E-state index contributed by atoms with van der Waals surface area (Å²) in [6.07, 6.45) is 3.15. The highest BCUT2D eigenvalue weighted by Gasteiger charge is 2.19. The molecule has 1 fully saturated rings. The van der Waals surface area contributed by atoms with Gasteiger partial charge in [-0.25, -0.2) is 10.8 Å². The van der Waals surface area contributed by atoms with Gasteiger partial charge in [0.25, 0.3) is 0 Å². The average Bonchev–Trinajstić information content (AvgIpc) is 2.31. The van der Waals surface area contributed by atoms with E-state index in [2.05, 4.69) is 20.3 Å². The molecule has 0 aliphatic carbocycles. The van der Waals surface area contributed by atoms with Crippen molar-refractivity contribution in [1.29, 1.82) is 0 Å². The molecule has 0 bridgehead atoms. The lowest BCUT2D eigenvalue weighted by Crippen LogP contribution is -2.37. The number of aliphatic hydroxyl groups is 1. The molecule has 0 amide bonds. The zero-order valence-corrected chi connectivity index (χ0v) is 9.35. The van der Waals surface area contributed by atoms with Crippen molar-refractivity contribution in [2.75, 3.05) is 23.4 Å². The topological polar surface area (TPSA) is 87.3 Å². The van der Waals surface area contributed by atoms with Gasteiger partial charge >= 0.3 is 0 Å². The van der Waals surface area contributed by atoms with Crippen LogP contribution in [0.4, 0.5) is 11.8 Å². The van der Waals surface area contributed by atoms with Gasteiger partial charge in [0.2, 0.25) is 5.95 Å². The number of hydrogen-bond acceptors (Lipinski definition) is 6. The highest BCUT2D eigenvalue weighted by atomic mass is 16.3. The van der Waals surface area contributed by atoms with Crippen LogP contribution in [0.3, 0.4) is 0 Å². The molecule has 2 rings (SSSR count). The minimum absolute atomic E-state index is 0.175. The summed E-state index contributed by atoms with van der Waals surface area (Å²) in [4.78, 5) is 10.5. The minimum Gasteiger partial charge on any atom is -0.393 e. The second-order valence-electron chi connectivity index (χ2n) is 4.06. The van der Waals surface area contributed by atoms with Gasteiger partial charge in [0.05, 0.1) is 6.10 Å². The maximum Gasteiger partial charge on any atom is 0.239 e. The summed E-state index contributed by atoms with van der Waals surface area (Å²) < 4.78 is 0. The standard InChI is InChI=1S/C10H17N5O/c1-7-6-12-10(14-11)13-9(7)15-4-2-8(16)3-5-15/h6,8,16H,2-5,11H2,1H3,(H,12,13,14). The molecule has 1 aliphatic heterocycles. The van der Waals surface area contributed by atoms with Crippen molar-refractivity contribution in [2.24, 2.45) is 5.84 Å². The van der Waals surface area contributed by atoms with Crippen molar-refractivity contribution in [1.82, 2.24) is 9.97 Å². The number of nitrogens with zero attached hydrogens (tertiary/aromatic N) is 3. The molecular weight excluding hydrogens is 206 g/mol. The lowest BCUT2D eigenvalue weighted by atomic mass is 10.1. The highest BCUT2D eigenvalue weighted by Crippen LogP contribution is 2.21. The maximum atomic E-state index is 9.45. The fourth-order valence-corrected chi connectivity index (χ4v) is 1.90. The van der Waals surface area contributed by atoms with Crippen molar-refractivity contribution in [3.63, 3.8) is 0 Å². The van der Waals surface area contributed by atoms with E-state index in [1.165, 1.54) is 0 Å². The number of piperidine rings is 1. The Kier molecular flexibility index (Phi) is 3.21. The third-order valence-corrected chi connectivity index (χ3v) is 2.84. The Labute approximate surface area is 94.5 Å². The molecule has 0 spiro atoms. The number of hydrazine groups is 1. The molecule has 16 heavy (non-hydrogen) atoms. The second-order valence-corrected chi connectivity index (χ2v) is 4.06. The predicted molar refractivity (Wildman–Crippen MR) is 62.0 cm³/mol. The lowest BCUT2D eigenvalue weighted by molar-refractivity contribution is 0.145. The van der Waals surface area contributed by atoms with Crippen LogP contribution in [0, 0.1) is 6.92 Å². The molecular formula is C10H17N5O. The van der Waals surface area contributed by atoms with Gasteiger partial charge in [-0.3, -0.25) is 5.43 Å². The van der Waals surface area contributed by atoms with E-state index < -0.39 is 0 Å². The summed E-state index contributed by atoms with van der Waals surface area (Å²) in [6, 6.07) is 0. The Bertz CT molecular complexity index is 362. The van der Waals surface area contributed by atoms with E-state index in [1.807, 2.05) is 6.92 Å². The van der Waals surface area contributed by atoms with Crippen LogP contribution in [-0.2, 0) is 0 Å². The fourth-order valence-electron chi connectivity index (χ4n) is 1.90. The first-order valence-corrected chi connectivity index (χ1v) is 5.44. The number of aromatic nitrogens is 2. The number of hydrogen-bond donors (Lipinski definition) is 3. The quantitative estimate of drug-likeness (QED) is 0.484. The highest BCUT2D eigenvalue weighted by molar-refractivity contribution is 5.48. The summed E-state index contributed by atoms with van der Waals surface area (Å²) in [5.74, 6) is 6.61. The largest absolute Gasteiger partial charge is 0.393 e. The van der Waals surface area contributed by atoms with E-state index in [0.29, 0.717) is 5.95 Å². The van der Waals surface area contributed by atoms with Crippen molar-refractivity contribution in [3.05, 3.63) is 11.8 Å². The molecule has 0 saturated carbocycles. The Balaban J connectivity index is 2.19. The number of aryl methyl sites for hydroxylation is 1.